The monoisotopic (exact) mass is 864 g/mol. The van der Waals surface area contributed by atoms with E-state index in [1.54, 1.807) is 0 Å². The van der Waals surface area contributed by atoms with E-state index in [0.29, 0.717) is 74.1 Å². The molecule has 0 amide bonds. The van der Waals surface area contributed by atoms with Crippen LogP contribution in [0.5, 0.6) is 34.5 Å². The summed E-state index contributed by atoms with van der Waals surface area (Å²) in [6, 6.07) is 73.8. The predicted molar refractivity (Wildman–Crippen MR) is 264 cm³/mol. The Hall–Kier alpha value is -8.22. The Bertz CT molecular complexity index is 2570. The summed E-state index contributed by atoms with van der Waals surface area (Å²) in [5.41, 5.74) is 6.31. The van der Waals surface area contributed by atoms with Crippen LogP contribution in [0.4, 0.5) is 0 Å². The number of rotatable bonds is 18. The van der Waals surface area contributed by atoms with Crippen molar-refractivity contribution in [2.75, 3.05) is 0 Å². The van der Waals surface area contributed by atoms with Gasteiger partial charge < -0.3 is 28.4 Å². The van der Waals surface area contributed by atoms with E-state index in [4.69, 9.17) is 28.4 Å². The fourth-order valence-electron chi connectivity index (χ4n) is 8.11. The molecule has 0 heterocycles. The molecule has 0 fully saturated rings. The van der Waals surface area contributed by atoms with Crippen molar-refractivity contribution in [2.24, 2.45) is 0 Å². The maximum Gasteiger partial charge on any atom is 0.162 e. The van der Waals surface area contributed by atoms with Crippen LogP contribution in [0.15, 0.2) is 218 Å². The second-order valence-electron chi connectivity index (χ2n) is 16.2. The summed E-state index contributed by atoms with van der Waals surface area (Å²) >= 11 is 0. The third kappa shape index (κ3) is 9.94. The lowest BCUT2D eigenvalue weighted by Crippen LogP contribution is -2.03. The lowest BCUT2D eigenvalue weighted by molar-refractivity contribution is 0.256. The summed E-state index contributed by atoms with van der Waals surface area (Å²) in [5, 5.41) is 5.74. The van der Waals surface area contributed by atoms with E-state index in [-0.39, 0.29) is 0 Å². The van der Waals surface area contributed by atoms with E-state index in [1.165, 1.54) is 0 Å². The zero-order valence-electron chi connectivity index (χ0n) is 36.5. The van der Waals surface area contributed by atoms with E-state index >= 15 is 0 Å². The Morgan fingerprint density at radius 3 is 0.455 bits per heavy atom. The fourth-order valence-corrected chi connectivity index (χ4v) is 8.11. The molecule has 0 saturated heterocycles. The molecule has 10 aromatic carbocycles. The Morgan fingerprint density at radius 1 is 0.182 bits per heavy atom. The van der Waals surface area contributed by atoms with Gasteiger partial charge in [0.25, 0.3) is 0 Å². The molecule has 0 aliphatic rings. The van der Waals surface area contributed by atoms with Crippen LogP contribution < -0.4 is 28.4 Å². The van der Waals surface area contributed by atoms with Crippen LogP contribution in [0.1, 0.15) is 33.4 Å². The molecule has 0 atom stereocenters. The highest BCUT2D eigenvalue weighted by Gasteiger charge is 2.21. The first kappa shape index (κ1) is 41.8. The Kier molecular flexibility index (Phi) is 12.7. The van der Waals surface area contributed by atoms with Crippen molar-refractivity contribution in [1.29, 1.82) is 0 Å². The minimum Gasteiger partial charge on any atom is -0.485 e. The molecule has 6 heteroatoms. The minimum atomic E-state index is 0.363. The van der Waals surface area contributed by atoms with E-state index in [9.17, 15) is 0 Å². The smallest absolute Gasteiger partial charge is 0.162 e. The average molecular weight is 865 g/mol. The number of benzene rings is 10. The Labute approximate surface area is 385 Å². The third-order valence-corrected chi connectivity index (χ3v) is 11.5. The van der Waals surface area contributed by atoms with Crippen molar-refractivity contribution >= 4 is 32.3 Å². The van der Waals surface area contributed by atoms with E-state index < -0.39 is 0 Å². The summed E-state index contributed by atoms with van der Waals surface area (Å²) in [6.45, 7) is 2.18. The molecular weight excluding hydrogens is 817 g/mol. The number of fused-ring (bicyclic) bond motifs is 6. The van der Waals surface area contributed by atoms with Gasteiger partial charge in [0.15, 0.2) is 34.5 Å². The lowest BCUT2D eigenvalue weighted by atomic mass is 9.93. The van der Waals surface area contributed by atoms with Gasteiger partial charge in [0.05, 0.1) is 0 Å². The summed E-state index contributed by atoms with van der Waals surface area (Å²) < 4.78 is 40.2. The van der Waals surface area contributed by atoms with Crippen LogP contribution in [0.3, 0.4) is 0 Å². The predicted octanol–water partition coefficient (Wildman–Crippen LogP) is 14.6. The molecule has 66 heavy (non-hydrogen) atoms. The molecule has 0 saturated carbocycles. The SMILES string of the molecule is c1ccc(COc2cc3c4cc(OCc5ccccc5)c(OCc5ccccc5)cc4c4cc(OCc5ccccc5)c(OCc5ccccc5)cc4c3cc2OCc2ccccc2)cc1. The molecule has 0 N–H and O–H groups in total. The number of ether oxygens (including phenoxy) is 6. The van der Waals surface area contributed by atoms with Crippen LogP contribution in [0.2, 0.25) is 0 Å². The molecule has 324 valence electrons. The molecular formula is C60H48O6. The summed E-state index contributed by atoms with van der Waals surface area (Å²) in [4.78, 5) is 0. The highest BCUT2D eigenvalue weighted by atomic mass is 16.5. The van der Waals surface area contributed by atoms with Gasteiger partial charge in [-0.05, 0) is 102 Å². The van der Waals surface area contributed by atoms with Gasteiger partial charge in [0, 0.05) is 0 Å². The average Bonchev–Trinajstić information content (AvgIpc) is 3.39. The van der Waals surface area contributed by atoms with Crippen LogP contribution >= 0.6 is 0 Å². The van der Waals surface area contributed by atoms with Gasteiger partial charge >= 0.3 is 0 Å². The van der Waals surface area contributed by atoms with Crippen molar-refractivity contribution in [1.82, 2.24) is 0 Å². The summed E-state index contributed by atoms with van der Waals surface area (Å²) in [5.74, 6) is 3.76. The van der Waals surface area contributed by atoms with Crippen LogP contribution in [0, 0.1) is 0 Å². The zero-order valence-corrected chi connectivity index (χ0v) is 36.5. The molecule has 0 bridgehead atoms. The highest BCUT2D eigenvalue weighted by Crippen LogP contribution is 2.48. The van der Waals surface area contributed by atoms with Gasteiger partial charge in [-0.3, -0.25) is 0 Å². The summed E-state index contributed by atoms with van der Waals surface area (Å²) in [6.07, 6.45) is 0. The molecule has 0 unspecified atom stereocenters. The largest absolute Gasteiger partial charge is 0.485 e. The Balaban J connectivity index is 1.19. The maximum atomic E-state index is 6.71. The van der Waals surface area contributed by atoms with Gasteiger partial charge in [-0.2, -0.15) is 0 Å². The Morgan fingerprint density at radius 2 is 0.318 bits per heavy atom. The first-order chi connectivity index (χ1) is 32.7. The van der Waals surface area contributed by atoms with Crippen molar-refractivity contribution in [3.8, 4) is 34.5 Å². The summed E-state index contributed by atoms with van der Waals surface area (Å²) in [7, 11) is 0. The molecule has 0 aromatic heterocycles. The van der Waals surface area contributed by atoms with Gasteiger partial charge in [-0.25, -0.2) is 0 Å². The van der Waals surface area contributed by atoms with E-state index in [1.807, 2.05) is 109 Å². The standard InChI is InChI=1S/C60H48O6/c1-7-19-43(20-8-1)37-61-55-31-49-50(32-56(55)62-38-44-21-9-2-10-22-44)52-34-58(64-40-46-25-13-4-14-26-46)60(66-42-48-29-17-6-18-30-48)36-54(52)53-35-59(65-41-47-27-15-5-16-28-47)57(33-51(49)53)63-39-45-23-11-3-12-24-45/h1-36H,37-42H2. The van der Waals surface area contributed by atoms with Crippen LogP contribution in [-0.4, -0.2) is 0 Å². The van der Waals surface area contributed by atoms with Gasteiger partial charge in [0.1, 0.15) is 39.6 Å². The number of hydrogen-bond donors (Lipinski definition) is 0. The van der Waals surface area contributed by atoms with Crippen molar-refractivity contribution < 1.29 is 28.4 Å². The van der Waals surface area contributed by atoms with Gasteiger partial charge in [-0.15, -0.1) is 0 Å². The second kappa shape index (κ2) is 20.1. The molecule has 10 rings (SSSR count). The van der Waals surface area contributed by atoms with Crippen molar-refractivity contribution in [2.45, 2.75) is 39.6 Å². The van der Waals surface area contributed by atoms with Gasteiger partial charge in [0.2, 0.25) is 0 Å². The fraction of sp³-hybridized carbons (Fsp3) is 0.100. The van der Waals surface area contributed by atoms with Crippen molar-refractivity contribution in [3.05, 3.63) is 252 Å². The van der Waals surface area contributed by atoms with Crippen LogP contribution in [-0.2, 0) is 39.6 Å². The molecule has 6 nitrogen and oxygen atoms in total. The number of hydrogen-bond acceptors (Lipinski definition) is 6. The van der Waals surface area contributed by atoms with E-state index in [0.717, 1.165) is 65.7 Å². The molecule has 10 aromatic rings. The zero-order chi connectivity index (χ0) is 44.3. The highest BCUT2D eigenvalue weighted by molar-refractivity contribution is 6.26. The van der Waals surface area contributed by atoms with E-state index in [2.05, 4.69) is 109 Å². The molecule has 0 aliphatic carbocycles. The maximum absolute atomic E-state index is 6.71. The molecule has 0 spiro atoms. The first-order valence-corrected chi connectivity index (χ1v) is 22.3. The minimum absolute atomic E-state index is 0.363. The second-order valence-corrected chi connectivity index (χ2v) is 16.2. The lowest BCUT2D eigenvalue weighted by Gasteiger charge is -2.21. The molecule has 0 aliphatic heterocycles. The van der Waals surface area contributed by atoms with Gasteiger partial charge in [-0.1, -0.05) is 182 Å². The van der Waals surface area contributed by atoms with Crippen molar-refractivity contribution in [3.63, 3.8) is 0 Å². The third-order valence-electron chi connectivity index (χ3n) is 11.5. The topological polar surface area (TPSA) is 55.4 Å². The van der Waals surface area contributed by atoms with Crippen LogP contribution in [0.25, 0.3) is 32.3 Å². The normalized spacial score (nSPS) is 11.1. The quantitative estimate of drug-likeness (QED) is 0.0801. The first-order valence-electron chi connectivity index (χ1n) is 22.3. The molecule has 0 radical (unpaired) electrons.